The lowest BCUT2D eigenvalue weighted by Crippen LogP contribution is -2.35. The minimum absolute atomic E-state index is 0.288. The molecular weight excluding hydrogens is 260 g/mol. The molecule has 0 amide bonds. The molecule has 0 saturated carbocycles. The highest BCUT2D eigenvalue weighted by atomic mass is 16.3. The largest absolute Gasteiger partial charge is 0.508 e. The molecule has 21 heavy (non-hydrogen) atoms. The summed E-state index contributed by atoms with van der Waals surface area (Å²) in [6, 6.07) is 5.61. The maximum Gasteiger partial charge on any atom is 0.119 e. The zero-order valence-corrected chi connectivity index (χ0v) is 12.2. The van der Waals surface area contributed by atoms with Crippen LogP contribution in [0.3, 0.4) is 0 Å². The van der Waals surface area contributed by atoms with Crippen molar-refractivity contribution < 1.29 is 10.2 Å². The van der Waals surface area contributed by atoms with Crippen molar-refractivity contribution in [2.24, 2.45) is 5.41 Å². The Bertz CT molecular complexity index is 583. The van der Waals surface area contributed by atoms with Gasteiger partial charge < -0.3 is 10.2 Å². The predicted molar refractivity (Wildman–Crippen MR) is 87.2 cm³/mol. The van der Waals surface area contributed by atoms with Gasteiger partial charge in [0.2, 0.25) is 0 Å². The number of hydrogen-bond acceptors (Lipinski definition) is 2. The van der Waals surface area contributed by atoms with Crippen LogP contribution >= 0.6 is 0 Å². The van der Waals surface area contributed by atoms with Crippen molar-refractivity contribution in [1.29, 1.82) is 0 Å². The van der Waals surface area contributed by atoms with E-state index in [1.807, 2.05) is 36.4 Å². The normalized spacial score (nSPS) is 24.0. The van der Waals surface area contributed by atoms with E-state index in [1.165, 1.54) is 0 Å². The quantitative estimate of drug-likeness (QED) is 0.781. The number of benzene rings is 1. The molecule has 0 aliphatic heterocycles. The van der Waals surface area contributed by atoms with Gasteiger partial charge in [0.05, 0.1) is 6.10 Å². The Balaban J connectivity index is 2.31. The van der Waals surface area contributed by atoms with Gasteiger partial charge in [-0.1, -0.05) is 48.6 Å². The Morgan fingerprint density at radius 1 is 1.19 bits per heavy atom. The van der Waals surface area contributed by atoms with Crippen LogP contribution in [-0.4, -0.2) is 16.3 Å². The third-order valence-corrected chi connectivity index (χ3v) is 3.99. The predicted octanol–water partition coefficient (Wildman–Crippen LogP) is 3.71. The van der Waals surface area contributed by atoms with Crippen molar-refractivity contribution in [1.82, 2.24) is 0 Å². The minimum atomic E-state index is -0.530. The first-order chi connectivity index (χ1) is 10.1. The van der Waals surface area contributed by atoms with Gasteiger partial charge in [0, 0.05) is 5.41 Å². The van der Waals surface area contributed by atoms with E-state index in [9.17, 15) is 10.2 Å². The van der Waals surface area contributed by atoms with Gasteiger partial charge >= 0.3 is 0 Å². The first kappa shape index (κ1) is 15.3. The van der Waals surface area contributed by atoms with E-state index in [2.05, 4.69) is 19.2 Å². The highest BCUT2D eigenvalue weighted by Gasteiger charge is 2.34. The highest BCUT2D eigenvalue weighted by molar-refractivity contribution is 5.39. The number of rotatable bonds is 6. The van der Waals surface area contributed by atoms with Crippen molar-refractivity contribution in [2.75, 3.05) is 0 Å². The molecule has 2 atom stereocenters. The van der Waals surface area contributed by atoms with Crippen LogP contribution in [0.15, 0.2) is 67.8 Å². The first-order valence-electron chi connectivity index (χ1n) is 7.18. The Labute approximate surface area is 126 Å². The van der Waals surface area contributed by atoms with Crippen LogP contribution in [0, 0.1) is 5.41 Å². The smallest absolute Gasteiger partial charge is 0.119 e. The Morgan fingerprint density at radius 3 is 2.67 bits per heavy atom. The lowest BCUT2D eigenvalue weighted by Gasteiger charge is -2.35. The molecule has 0 bridgehead atoms. The molecule has 0 spiro atoms. The number of aliphatic hydroxyl groups excluding tert-OH is 1. The summed E-state index contributed by atoms with van der Waals surface area (Å²) >= 11 is 0. The minimum Gasteiger partial charge on any atom is -0.508 e. The molecule has 0 fully saturated rings. The summed E-state index contributed by atoms with van der Waals surface area (Å²) in [5.41, 5.74) is 1.59. The van der Waals surface area contributed by atoms with Crippen molar-refractivity contribution in [3.63, 3.8) is 0 Å². The monoisotopic (exact) mass is 282 g/mol. The Kier molecular flexibility index (Phi) is 4.81. The van der Waals surface area contributed by atoms with E-state index < -0.39 is 6.10 Å². The highest BCUT2D eigenvalue weighted by Crippen LogP contribution is 2.37. The number of phenols is 1. The van der Waals surface area contributed by atoms with Gasteiger partial charge in [-0.2, -0.15) is 0 Å². The molecule has 0 radical (unpaired) electrons. The van der Waals surface area contributed by atoms with Gasteiger partial charge in [0.25, 0.3) is 0 Å². The van der Waals surface area contributed by atoms with Crippen LogP contribution in [0.4, 0.5) is 0 Å². The molecule has 2 N–H and O–H groups in total. The van der Waals surface area contributed by atoms with Gasteiger partial charge in [0.1, 0.15) is 5.75 Å². The van der Waals surface area contributed by atoms with Crippen LogP contribution in [0.5, 0.6) is 5.75 Å². The number of hydrogen-bond donors (Lipinski definition) is 2. The van der Waals surface area contributed by atoms with Crippen LogP contribution in [0.2, 0.25) is 0 Å². The summed E-state index contributed by atoms with van der Waals surface area (Å²) in [6.45, 7) is 7.53. The first-order valence-corrected chi connectivity index (χ1v) is 7.18. The van der Waals surface area contributed by atoms with E-state index >= 15 is 0 Å². The molecule has 0 aromatic heterocycles. The summed E-state index contributed by atoms with van der Waals surface area (Å²) < 4.78 is 0. The number of allylic oxidation sites excluding steroid dienone is 4. The van der Waals surface area contributed by atoms with Crippen LogP contribution in [0.25, 0.3) is 0 Å². The summed E-state index contributed by atoms with van der Waals surface area (Å²) in [5.74, 6) is 0.288. The molecule has 2 unspecified atom stereocenters. The fraction of sp³-hybridized carbons (Fsp3) is 0.263. The molecular formula is C19H22O2. The molecule has 1 aromatic rings. The average molecular weight is 282 g/mol. The zero-order chi connectivity index (χ0) is 15.3. The second kappa shape index (κ2) is 6.59. The second-order valence-electron chi connectivity index (χ2n) is 5.55. The molecule has 2 nitrogen and oxygen atoms in total. The number of phenolic OH excluding ortho intramolecular Hbond substituents is 1. The Hall–Kier alpha value is -2.06. The van der Waals surface area contributed by atoms with Gasteiger partial charge in [-0.3, -0.25) is 0 Å². The summed E-state index contributed by atoms with van der Waals surface area (Å²) in [7, 11) is 0. The van der Waals surface area contributed by atoms with Crippen molar-refractivity contribution in [2.45, 2.75) is 25.4 Å². The zero-order valence-electron chi connectivity index (χ0n) is 12.2. The van der Waals surface area contributed by atoms with Gasteiger partial charge in [-0.25, -0.2) is 0 Å². The topological polar surface area (TPSA) is 40.5 Å². The maximum absolute atomic E-state index is 10.4. The van der Waals surface area contributed by atoms with Crippen molar-refractivity contribution >= 4 is 0 Å². The van der Waals surface area contributed by atoms with Gasteiger partial charge in [-0.05, 0) is 36.5 Å². The summed E-state index contributed by atoms with van der Waals surface area (Å²) in [5, 5.41) is 20.2. The van der Waals surface area contributed by atoms with Crippen molar-refractivity contribution in [3.05, 3.63) is 78.9 Å². The van der Waals surface area contributed by atoms with E-state index in [0.29, 0.717) is 19.3 Å². The van der Waals surface area contributed by atoms with Gasteiger partial charge in [0.15, 0.2) is 0 Å². The van der Waals surface area contributed by atoms with E-state index in [-0.39, 0.29) is 11.2 Å². The lowest BCUT2D eigenvalue weighted by atomic mass is 9.72. The van der Waals surface area contributed by atoms with E-state index in [0.717, 1.165) is 11.1 Å². The lowest BCUT2D eigenvalue weighted by molar-refractivity contribution is 0.0988. The third kappa shape index (κ3) is 3.34. The average Bonchev–Trinajstić information content (AvgIpc) is 2.46. The molecule has 1 aliphatic carbocycles. The van der Waals surface area contributed by atoms with Crippen LogP contribution in [-0.2, 0) is 12.8 Å². The molecule has 1 aromatic carbocycles. The molecule has 2 heteroatoms. The summed E-state index contributed by atoms with van der Waals surface area (Å²) in [4.78, 5) is 0. The van der Waals surface area contributed by atoms with Crippen LogP contribution in [0.1, 0.15) is 17.5 Å². The van der Waals surface area contributed by atoms with Crippen LogP contribution < -0.4 is 0 Å². The molecule has 2 rings (SSSR count). The summed E-state index contributed by atoms with van der Waals surface area (Å²) in [6.07, 6.45) is 12.8. The molecule has 1 aliphatic rings. The van der Waals surface area contributed by atoms with E-state index in [1.54, 1.807) is 12.1 Å². The number of aromatic hydroxyl groups is 1. The fourth-order valence-corrected chi connectivity index (χ4v) is 2.85. The van der Waals surface area contributed by atoms with Gasteiger partial charge in [-0.15, -0.1) is 13.2 Å². The van der Waals surface area contributed by atoms with Crippen molar-refractivity contribution in [3.8, 4) is 5.75 Å². The second-order valence-corrected chi connectivity index (χ2v) is 5.55. The standard InChI is InChI=1S/C19H22O2/c1-3-7-16-13-15(9-10-17(16)20)14-19(11-4-2)12-6-5-8-18(19)21/h3-6,8-10,12-13,18,20-21H,1-2,7,11,14H2. The molecule has 0 heterocycles. The third-order valence-electron chi connectivity index (χ3n) is 3.99. The Morgan fingerprint density at radius 2 is 2.00 bits per heavy atom. The van der Waals surface area contributed by atoms with E-state index in [4.69, 9.17) is 0 Å². The number of aliphatic hydroxyl groups is 1. The fourth-order valence-electron chi connectivity index (χ4n) is 2.85. The molecule has 110 valence electrons. The molecule has 0 saturated heterocycles. The SMILES string of the molecule is C=CCc1cc(CC2(CC=C)C=CC=CC2O)ccc1O. The maximum atomic E-state index is 10.4.